The molecule has 0 bridgehead atoms. The number of nitrogens with two attached hydrogens (primary N) is 3. The van der Waals surface area contributed by atoms with Gasteiger partial charge in [-0.15, -0.1) is 0 Å². The van der Waals surface area contributed by atoms with E-state index in [-0.39, 0.29) is 35.6 Å². The van der Waals surface area contributed by atoms with Crippen LogP contribution in [0.4, 0.5) is 0 Å². The Morgan fingerprint density at radius 1 is 0.376 bits per heavy atom. The van der Waals surface area contributed by atoms with Gasteiger partial charge < -0.3 is 148 Å². The molecule has 0 radical (unpaired) electrons. The van der Waals surface area contributed by atoms with Gasteiger partial charge in [-0.05, 0) is 86.9 Å². The van der Waals surface area contributed by atoms with E-state index < -0.39 is 287 Å². The van der Waals surface area contributed by atoms with Gasteiger partial charge in [0.25, 0.3) is 0 Å². The highest BCUT2D eigenvalue weighted by atomic mass is 16.4. The molecule has 650 valence electrons. The van der Waals surface area contributed by atoms with E-state index in [2.05, 4.69) is 85.1 Å². The number of phenolic OH excluding ortho intramolecular Hbond substituents is 2. The van der Waals surface area contributed by atoms with Crippen molar-refractivity contribution in [2.24, 2.45) is 29.0 Å². The molecule has 0 unspecified atom stereocenters. The van der Waals surface area contributed by atoms with Crippen molar-refractivity contribution < 1.29 is 137 Å². The van der Waals surface area contributed by atoms with Gasteiger partial charge in [0.05, 0.1) is 65.0 Å². The first-order valence-corrected chi connectivity index (χ1v) is 36.6. The Bertz CT molecular complexity index is 3780. The third-order valence-corrected chi connectivity index (χ3v) is 17.2. The average Bonchev–Trinajstić information content (AvgIpc) is 0.847. The number of hydrogen-bond acceptors (Lipinski definition) is 28. The van der Waals surface area contributed by atoms with Crippen LogP contribution < -0.4 is 102 Å². The fourth-order valence-electron chi connectivity index (χ4n) is 10.4. The summed E-state index contributed by atoms with van der Waals surface area (Å²) in [4.78, 5) is 250. The van der Waals surface area contributed by atoms with Gasteiger partial charge >= 0.3 is 11.9 Å². The molecule has 0 aromatic heterocycles. The molecule has 0 aliphatic heterocycles. The monoisotopic (exact) mass is 1660 g/mol. The maximum Gasteiger partial charge on any atom is 0.322 e. The van der Waals surface area contributed by atoms with Crippen molar-refractivity contribution in [2.45, 2.75) is 178 Å². The molecule has 15 atom stereocenters. The lowest BCUT2D eigenvalue weighted by Gasteiger charge is -2.28. The summed E-state index contributed by atoms with van der Waals surface area (Å²) < 4.78 is 0. The summed E-state index contributed by atoms with van der Waals surface area (Å²) in [5, 5.41) is 125. The zero-order chi connectivity index (χ0) is 88.5. The Labute approximate surface area is 669 Å². The number of benzene rings is 2. The van der Waals surface area contributed by atoms with Crippen molar-refractivity contribution in [3.8, 4) is 11.5 Å². The first-order chi connectivity index (χ1) is 55.0. The molecule has 2 rings (SSSR count). The Kier molecular flexibility index (Phi) is 44.4. The van der Waals surface area contributed by atoms with Crippen molar-refractivity contribution >= 4 is 112 Å². The predicted molar refractivity (Wildman–Crippen MR) is 403 cm³/mol. The van der Waals surface area contributed by atoms with Gasteiger partial charge in [0.15, 0.2) is 0 Å². The number of aliphatic hydroxyl groups is 5. The zero-order valence-corrected chi connectivity index (χ0v) is 64.9. The lowest BCUT2D eigenvalue weighted by atomic mass is 9.97. The Balaban J connectivity index is 2.26. The fraction of sp³-hybridized carbons (Fsp3) is 0.557. The number of aliphatic hydroxyl groups excluding tert-OH is 5. The molecular formula is C70H107N19O28. The van der Waals surface area contributed by atoms with E-state index in [9.17, 15) is 132 Å². The number of hydrogen-bond donors (Lipinski definition) is 28. The molecule has 0 fully saturated rings. The molecule has 0 saturated carbocycles. The molecule has 47 nitrogen and oxygen atoms in total. The van der Waals surface area contributed by atoms with E-state index in [1.165, 1.54) is 62.4 Å². The molecule has 0 saturated heterocycles. The second-order valence-corrected chi connectivity index (χ2v) is 27.1. The number of unbranched alkanes of at least 4 members (excludes halogenated alkanes) is 1. The number of carbonyl (C=O) groups is 19. The largest absolute Gasteiger partial charge is 0.508 e. The molecule has 0 aliphatic carbocycles. The van der Waals surface area contributed by atoms with Crippen molar-refractivity contribution in [3.05, 3.63) is 59.7 Å². The minimum Gasteiger partial charge on any atom is -0.508 e. The molecule has 17 amide bonds. The van der Waals surface area contributed by atoms with E-state index in [0.717, 1.165) is 13.8 Å². The summed E-state index contributed by atoms with van der Waals surface area (Å²) in [5.41, 5.74) is 16.9. The van der Waals surface area contributed by atoms with E-state index in [1.807, 2.05) is 0 Å². The van der Waals surface area contributed by atoms with Crippen molar-refractivity contribution in [1.82, 2.24) is 85.1 Å². The number of rotatable bonds is 53. The van der Waals surface area contributed by atoms with Gasteiger partial charge in [-0.3, -0.25) is 91.1 Å². The van der Waals surface area contributed by atoms with Crippen molar-refractivity contribution in [2.75, 3.05) is 59.2 Å². The van der Waals surface area contributed by atoms with Crippen LogP contribution in [0.25, 0.3) is 0 Å². The highest BCUT2D eigenvalue weighted by Crippen LogP contribution is 2.16. The third kappa shape index (κ3) is 36.8. The minimum atomic E-state index is -2.06. The van der Waals surface area contributed by atoms with Crippen LogP contribution in [-0.2, 0) is 104 Å². The third-order valence-electron chi connectivity index (χ3n) is 17.2. The highest BCUT2D eigenvalue weighted by Gasteiger charge is 2.39. The van der Waals surface area contributed by atoms with Crippen LogP contribution in [0.3, 0.4) is 0 Å². The quantitative estimate of drug-likeness (QED) is 0.0274. The lowest BCUT2D eigenvalue weighted by Crippen LogP contribution is -2.62. The molecule has 0 spiro atoms. The maximum absolute atomic E-state index is 14.6. The Hall–Kier alpha value is -12.3. The van der Waals surface area contributed by atoms with Crippen molar-refractivity contribution in [3.63, 3.8) is 0 Å². The van der Waals surface area contributed by atoms with Crippen LogP contribution in [-0.4, -0.2) is 302 Å². The molecule has 31 N–H and O–H groups in total. The van der Waals surface area contributed by atoms with E-state index in [0.29, 0.717) is 19.3 Å². The summed E-state index contributed by atoms with van der Waals surface area (Å²) in [5.74, 6) is -24.2. The summed E-state index contributed by atoms with van der Waals surface area (Å²) in [6.07, 6.45) is -3.75. The highest BCUT2D eigenvalue weighted by molar-refractivity contribution is 6.01. The number of aliphatic carboxylic acids is 2. The smallest absolute Gasteiger partial charge is 0.322 e. The average molecular weight is 1660 g/mol. The van der Waals surface area contributed by atoms with Crippen LogP contribution in [0.15, 0.2) is 48.5 Å². The Morgan fingerprint density at radius 2 is 0.752 bits per heavy atom. The normalized spacial score (nSPS) is 14.8. The number of primary amides is 1. The Morgan fingerprint density at radius 3 is 1.21 bits per heavy atom. The lowest BCUT2D eigenvalue weighted by molar-refractivity contribution is -0.142. The summed E-state index contributed by atoms with van der Waals surface area (Å²) in [7, 11) is 0. The van der Waals surface area contributed by atoms with Crippen molar-refractivity contribution in [1.29, 1.82) is 0 Å². The van der Waals surface area contributed by atoms with E-state index >= 15 is 0 Å². The summed E-state index contributed by atoms with van der Waals surface area (Å²) in [6.45, 7) is 0.751. The number of nitrogens with one attached hydrogen (secondary N) is 16. The summed E-state index contributed by atoms with van der Waals surface area (Å²) >= 11 is 0. The topological polar surface area (TPSA) is 777 Å². The molecule has 0 heterocycles. The van der Waals surface area contributed by atoms with Crippen LogP contribution >= 0.6 is 0 Å². The molecule has 2 aromatic rings. The van der Waals surface area contributed by atoms with Crippen LogP contribution in [0, 0.1) is 11.8 Å². The second kappa shape index (κ2) is 51.5. The molecular weight excluding hydrogens is 1550 g/mol. The number of carbonyl (C=O) groups excluding carboxylic acids is 17. The van der Waals surface area contributed by atoms with Crippen LogP contribution in [0.5, 0.6) is 11.5 Å². The number of carboxylic acid groups (broad SMARTS) is 2. The molecule has 47 heteroatoms. The van der Waals surface area contributed by atoms with E-state index in [4.69, 9.17) is 22.3 Å². The first-order valence-electron chi connectivity index (χ1n) is 36.6. The van der Waals surface area contributed by atoms with Gasteiger partial charge in [-0.25, -0.2) is 0 Å². The van der Waals surface area contributed by atoms with Gasteiger partial charge in [0, 0.05) is 12.8 Å². The van der Waals surface area contributed by atoms with Gasteiger partial charge in [-0.2, -0.15) is 0 Å². The minimum absolute atomic E-state index is 0.00351. The number of aromatic hydroxyl groups is 2. The first kappa shape index (κ1) is 101. The van der Waals surface area contributed by atoms with Crippen LogP contribution in [0.2, 0.25) is 0 Å². The zero-order valence-electron chi connectivity index (χ0n) is 64.9. The fourth-order valence-corrected chi connectivity index (χ4v) is 10.4. The summed E-state index contributed by atoms with van der Waals surface area (Å²) in [6, 6.07) is -12.2. The molecule has 2 aromatic carbocycles. The van der Waals surface area contributed by atoms with Gasteiger partial charge in [0.1, 0.15) is 96.6 Å². The van der Waals surface area contributed by atoms with Gasteiger partial charge in [-0.1, -0.05) is 58.4 Å². The van der Waals surface area contributed by atoms with E-state index in [1.54, 1.807) is 13.8 Å². The standard InChI is InChI=1S/C70H107N19O28/c1-7-33(4)56(88-59(106)40(72)28-90)69(116)84-44(22-49(73)97)64(111)85-46(29-91)61(108)76-25-51(99)74-24-50(98)75-26-52(100)79-47(30-92)66(113)89-57(35(6)94)70(117)83-43(21-37-13-17-39(96)18-14-37)63(110)82-42(20-36-11-15-38(95)16-12-36)62(109)78-34(5)58(105)81-45(23-53(101)102)65(112)86-48(31-93)67(114)87-55(32(2)3)68(115)80-41(10-8-9-19-71)60(107)77-27-54(103)104/h11-18,32-35,40-48,55-57,90-96H,7-10,19-31,71-72H2,1-6H3,(H2,73,97)(H,74,99)(H,75,98)(H,76,108)(H,77,107)(H,78,109)(H,79,100)(H,80,115)(H,81,105)(H,82,110)(H,83,117)(H,84,116)(H,85,111)(H,86,112)(H,87,114)(H,88,106)(H,89,113)(H,101,102)(H,103,104)/t33-,34-,35+,40-,41-,42-,43-,44-,45-,46-,47-,48-,55-,56-,57-/m0/s1. The maximum atomic E-state index is 14.6. The SMILES string of the molecule is CC[C@H](C)[C@H](NC(=O)[C@@H](N)CO)C(=O)N[C@@H](CC(N)=O)C(=O)N[C@@H](CO)C(=O)NCC(=O)NCC(=O)NCC(=O)N[C@@H](CO)C(=O)N[C@H](C(=O)N[C@@H](Cc1ccc(O)cc1)C(=O)N[C@@H](Cc1ccc(O)cc1)C(=O)N[C@@H](C)C(=O)N[C@@H](CC(=O)O)C(=O)N[C@@H](CO)C(=O)N[C@H](C(=O)N[C@@H](CCCCN)C(=O)NCC(=O)O)C(C)C)[C@@H](C)O. The number of carboxylic acids is 2. The molecule has 0 aliphatic rings. The van der Waals surface area contributed by atoms with Crippen LogP contribution in [0.1, 0.15) is 91.2 Å². The molecule has 117 heavy (non-hydrogen) atoms. The predicted octanol–water partition coefficient (Wildman–Crippen LogP) is -12.9. The number of amides is 17. The second-order valence-electron chi connectivity index (χ2n) is 27.1. The van der Waals surface area contributed by atoms with Gasteiger partial charge in [0.2, 0.25) is 100 Å². The number of phenols is 2.